The summed E-state index contributed by atoms with van der Waals surface area (Å²) in [5.41, 5.74) is 7.60. The van der Waals surface area contributed by atoms with E-state index in [0.717, 1.165) is 10.6 Å². The van der Waals surface area contributed by atoms with Gasteiger partial charge in [-0.2, -0.15) is 0 Å². The summed E-state index contributed by atoms with van der Waals surface area (Å²) in [6.07, 6.45) is 0. The zero-order chi connectivity index (χ0) is 10.7. The monoisotopic (exact) mass is 234 g/mol. The second-order valence-electron chi connectivity index (χ2n) is 3.02. The number of nitrogens with one attached hydrogen (secondary N) is 1. The summed E-state index contributed by atoms with van der Waals surface area (Å²) < 4.78 is 0. The minimum Gasteiger partial charge on any atom is -0.376 e. The highest BCUT2D eigenvalue weighted by molar-refractivity contribution is 7.80. The van der Waals surface area contributed by atoms with Crippen LogP contribution < -0.4 is 11.1 Å². The summed E-state index contributed by atoms with van der Waals surface area (Å²) in [5, 5.41) is 5.29. The summed E-state index contributed by atoms with van der Waals surface area (Å²) in [7, 11) is 0. The molecule has 0 atom stereocenters. The molecule has 0 spiro atoms. The number of hydrogen-bond donors (Lipinski definition) is 2. The minimum absolute atomic E-state index is 0.297. The van der Waals surface area contributed by atoms with E-state index >= 15 is 0 Å². The van der Waals surface area contributed by atoms with Gasteiger partial charge in [-0.15, -0.1) is 11.3 Å². The van der Waals surface area contributed by atoms with Crippen LogP contribution in [0.3, 0.4) is 0 Å². The molecule has 15 heavy (non-hydrogen) atoms. The highest BCUT2D eigenvalue weighted by Crippen LogP contribution is 2.33. The Morgan fingerprint density at radius 3 is 2.60 bits per heavy atom. The van der Waals surface area contributed by atoms with Gasteiger partial charge in [0.1, 0.15) is 0 Å². The zero-order valence-corrected chi connectivity index (χ0v) is 9.57. The molecular weight excluding hydrogens is 224 g/mol. The van der Waals surface area contributed by atoms with E-state index in [-0.39, 0.29) is 0 Å². The Balaban J connectivity index is 2.37. The molecule has 0 fully saturated rings. The summed E-state index contributed by atoms with van der Waals surface area (Å²) in [6.45, 7) is 0. The average Bonchev–Trinajstić information content (AvgIpc) is 2.66. The zero-order valence-electron chi connectivity index (χ0n) is 7.94. The Morgan fingerprint density at radius 1 is 1.20 bits per heavy atom. The third-order valence-electron chi connectivity index (χ3n) is 1.96. The molecule has 0 saturated carbocycles. The van der Waals surface area contributed by atoms with Crippen molar-refractivity contribution in [3.63, 3.8) is 0 Å². The second-order valence-corrected chi connectivity index (χ2v) is 4.37. The molecule has 2 aromatic rings. The normalized spacial score (nSPS) is 9.87. The van der Waals surface area contributed by atoms with Crippen molar-refractivity contribution in [3.8, 4) is 10.4 Å². The van der Waals surface area contributed by atoms with Crippen molar-refractivity contribution in [3.05, 3.63) is 41.8 Å². The van der Waals surface area contributed by atoms with Crippen molar-refractivity contribution in [2.24, 2.45) is 5.73 Å². The molecule has 1 aromatic heterocycles. The Morgan fingerprint density at radius 2 is 1.93 bits per heavy atom. The molecular formula is C11H10N2S2. The lowest BCUT2D eigenvalue weighted by Gasteiger charge is -2.05. The van der Waals surface area contributed by atoms with Crippen molar-refractivity contribution >= 4 is 34.4 Å². The minimum atomic E-state index is 0.297. The largest absolute Gasteiger partial charge is 0.376 e. The topological polar surface area (TPSA) is 38.0 Å². The molecule has 0 bridgehead atoms. The van der Waals surface area contributed by atoms with Crippen LogP contribution in [0.15, 0.2) is 41.8 Å². The van der Waals surface area contributed by atoms with Crippen LogP contribution in [0.2, 0.25) is 0 Å². The van der Waals surface area contributed by atoms with Crippen molar-refractivity contribution in [1.82, 2.24) is 0 Å². The number of hydrogen-bond acceptors (Lipinski definition) is 2. The molecule has 0 aliphatic rings. The smallest absolute Gasteiger partial charge is 0.168 e. The van der Waals surface area contributed by atoms with Crippen LogP contribution in [0.1, 0.15) is 0 Å². The average molecular weight is 234 g/mol. The van der Waals surface area contributed by atoms with E-state index in [4.69, 9.17) is 18.0 Å². The molecule has 1 heterocycles. The SMILES string of the molecule is NC(=S)Nc1ccsc1-c1ccccc1. The first-order chi connectivity index (χ1) is 7.27. The molecule has 76 valence electrons. The van der Waals surface area contributed by atoms with Gasteiger partial charge in [0.05, 0.1) is 10.6 Å². The maximum absolute atomic E-state index is 5.46. The van der Waals surface area contributed by atoms with Gasteiger partial charge in [-0.1, -0.05) is 30.3 Å². The standard InChI is InChI=1S/C11H10N2S2/c12-11(14)13-9-6-7-15-10(9)8-4-2-1-3-5-8/h1-7H,(H3,12,13,14). The van der Waals surface area contributed by atoms with Crippen LogP contribution in [0.5, 0.6) is 0 Å². The van der Waals surface area contributed by atoms with Gasteiger partial charge in [0.25, 0.3) is 0 Å². The summed E-state index contributed by atoms with van der Waals surface area (Å²) in [6, 6.07) is 12.1. The molecule has 0 aliphatic heterocycles. The lowest BCUT2D eigenvalue weighted by atomic mass is 10.2. The van der Waals surface area contributed by atoms with Crippen LogP contribution in [0.25, 0.3) is 10.4 Å². The Labute approximate surface area is 97.7 Å². The van der Waals surface area contributed by atoms with Crippen LogP contribution >= 0.6 is 23.6 Å². The molecule has 0 saturated heterocycles. The fourth-order valence-corrected chi connectivity index (χ4v) is 2.32. The molecule has 0 radical (unpaired) electrons. The molecule has 0 amide bonds. The third kappa shape index (κ3) is 2.34. The Hall–Kier alpha value is -1.39. The highest BCUT2D eigenvalue weighted by atomic mass is 32.1. The van der Waals surface area contributed by atoms with E-state index < -0.39 is 0 Å². The van der Waals surface area contributed by atoms with E-state index in [1.165, 1.54) is 5.56 Å². The van der Waals surface area contributed by atoms with E-state index in [1.807, 2.05) is 29.6 Å². The number of benzene rings is 1. The molecule has 0 aliphatic carbocycles. The van der Waals surface area contributed by atoms with Crippen molar-refractivity contribution in [2.45, 2.75) is 0 Å². The Kier molecular flexibility index (Phi) is 2.99. The predicted molar refractivity (Wildman–Crippen MR) is 70.2 cm³/mol. The van der Waals surface area contributed by atoms with E-state index in [0.29, 0.717) is 5.11 Å². The van der Waals surface area contributed by atoms with Gasteiger partial charge < -0.3 is 11.1 Å². The van der Waals surface area contributed by atoms with Crippen LogP contribution in [-0.4, -0.2) is 5.11 Å². The lowest BCUT2D eigenvalue weighted by molar-refractivity contribution is 1.64. The van der Waals surface area contributed by atoms with Crippen molar-refractivity contribution < 1.29 is 0 Å². The first-order valence-electron chi connectivity index (χ1n) is 4.47. The van der Waals surface area contributed by atoms with Gasteiger partial charge in [-0.3, -0.25) is 0 Å². The van der Waals surface area contributed by atoms with E-state index in [1.54, 1.807) is 11.3 Å². The quantitative estimate of drug-likeness (QED) is 0.784. The number of rotatable bonds is 2. The molecule has 2 rings (SSSR count). The second kappa shape index (κ2) is 4.42. The van der Waals surface area contributed by atoms with Gasteiger partial charge in [0, 0.05) is 0 Å². The number of anilines is 1. The number of thiocarbonyl (C=S) groups is 1. The molecule has 2 nitrogen and oxygen atoms in total. The summed E-state index contributed by atoms with van der Waals surface area (Å²) in [4.78, 5) is 1.16. The van der Waals surface area contributed by atoms with Gasteiger partial charge in [-0.05, 0) is 29.2 Å². The van der Waals surface area contributed by atoms with Crippen molar-refractivity contribution in [2.75, 3.05) is 5.32 Å². The van der Waals surface area contributed by atoms with Crippen LogP contribution in [0.4, 0.5) is 5.69 Å². The van der Waals surface area contributed by atoms with Crippen LogP contribution in [-0.2, 0) is 0 Å². The molecule has 0 unspecified atom stereocenters. The molecule has 3 N–H and O–H groups in total. The van der Waals surface area contributed by atoms with E-state index in [9.17, 15) is 0 Å². The van der Waals surface area contributed by atoms with Gasteiger partial charge in [0.2, 0.25) is 0 Å². The maximum Gasteiger partial charge on any atom is 0.168 e. The van der Waals surface area contributed by atoms with Crippen molar-refractivity contribution in [1.29, 1.82) is 0 Å². The molecule has 1 aromatic carbocycles. The van der Waals surface area contributed by atoms with Gasteiger partial charge >= 0.3 is 0 Å². The number of thiophene rings is 1. The number of nitrogens with two attached hydrogens (primary N) is 1. The summed E-state index contributed by atoms with van der Waals surface area (Å²) in [5.74, 6) is 0. The van der Waals surface area contributed by atoms with Gasteiger partial charge in [0.15, 0.2) is 5.11 Å². The maximum atomic E-state index is 5.46. The fourth-order valence-electron chi connectivity index (χ4n) is 1.35. The first-order valence-corrected chi connectivity index (χ1v) is 5.75. The first kappa shape index (κ1) is 10.1. The van der Waals surface area contributed by atoms with Gasteiger partial charge in [-0.25, -0.2) is 0 Å². The van der Waals surface area contributed by atoms with Crippen LogP contribution in [0, 0.1) is 0 Å². The lowest BCUT2D eigenvalue weighted by Crippen LogP contribution is -2.18. The van der Waals surface area contributed by atoms with E-state index in [2.05, 4.69) is 17.4 Å². The Bertz CT molecular complexity index is 462. The fraction of sp³-hybridized carbons (Fsp3) is 0. The highest BCUT2D eigenvalue weighted by Gasteiger charge is 2.06. The summed E-state index contributed by atoms with van der Waals surface area (Å²) >= 11 is 6.49. The molecule has 4 heteroatoms. The third-order valence-corrected chi connectivity index (χ3v) is 3.02. The predicted octanol–water partition coefficient (Wildman–Crippen LogP) is 3.07.